The molecule has 0 aliphatic heterocycles. The number of urea groups is 1. The third-order valence-electron chi connectivity index (χ3n) is 3.67. The SMILES string of the molecule is Cc1c(NC(=O)Nc2cccnc2)nn(-c2ccc(Cl)cc2)c(=O)c1C#N. The van der Waals surface area contributed by atoms with Crippen molar-refractivity contribution in [3.05, 3.63) is 75.3 Å². The molecule has 27 heavy (non-hydrogen) atoms. The number of carbonyl (C=O) groups excluding carboxylic acids is 1. The van der Waals surface area contributed by atoms with Crippen LogP contribution in [0.25, 0.3) is 5.69 Å². The molecule has 0 saturated carbocycles. The Morgan fingerprint density at radius 1 is 1.22 bits per heavy atom. The summed E-state index contributed by atoms with van der Waals surface area (Å²) in [5, 5.41) is 19.2. The summed E-state index contributed by atoms with van der Waals surface area (Å²) in [6, 6.07) is 11.0. The van der Waals surface area contributed by atoms with Gasteiger partial charge in [0.15, 0.2) is 5.82 Å². The smallest absolute Gasteiger partial charge is 0.306 e. The minimum absolute atomic E-state index is 0.0856. The van der Waals surface area contributed by atoms with Gasteiger partial charge in [-0.05, 0) is 43.3 Å². The molecule has 0 fully saturated rings. The van der Waals surface area contributed by atoms with Crippen molar-refractivity contribution in [3.63, 3.8) is 0 Å². The monoisotopic (exact) mass is 380 g/mol. The Hall–Kier alpha value is -3.70. The number of pyridine rings is 1. The molecular weight excluding hydrogens is 368 g/mol. The number of nitrogens with zero attached hydrogens (tertiary/aromatic N) is 4. The van der Waals surface area contributed by atoms with Gasteiger partial charge in [0, 0.05) is 16.8 Å². The van der Waals surface area contributed by atoms with Crippen molar-refractivity contribution < 1.29 is 4.79 Å². The molecule has 2 amide bonds. The largest absolute Gasteiger partial charge is 0.324 e. The molecule has 0 bridgehead atoms. The van der Waals surface area contributed by atoms with Gasteiger partial charge in [0.1, 0.15) is 11.6 Å². The van der Waals surface area contributed by atoms with Gasteiger partial charge in [0.05, 0.1) is 17.6 Å². The number of benzene rings is 1. The molecule has 3 aromatic rings. The predicted molar refractivity (Wildman–Crippen MR) is 101 cm³/mol. The molecule has 0 aliphatic carbocycles. The van der Waals surface area contributed by atoms with Gasteiger partial charge in [0.25, 0.3) is 5.56 Å². The van der Waals surface area contributed by atoms with Crippen molar-refractivity contribution in [2.75, 3.05) is 10.6 Å². The van der Waals surface area contributed by atoms with E-state index in [9.17, 15) is 14.9 Å². The van der Waals surface area contributed by atoms with Crippen LogP contribution in [-0.4, -0.2) is 20.8 Å². The van der Waals surface area contributed by atoms with Gasteiger partial charge in [0.2, 0.25) is 0 Å². The molecule has 0 aliphatic rings. The zero-order valence-corrected chi connectivity index (χ0v) is 14.9. The fraction of sp³-hybridized carbons (Fsp3) is 0.0556. The average molecular weight is 381 g/mol. The first-order valence-electron chi connectivity index (χ1n) is 7.77. The summed E-state index contributed by atoms with van der Waals surface area (Å²) in [6.07, 6.45) is 3.06. The Balaban J connectivity index is 1.99. The molecular formula is C18H13ClN6O2. The quantitative estimate of drug-likeness (QED) is 0.724. The zero-order valence-electron chi connectivity index (χ0n) is 14.1. The molecule has 0 spiro atoms. The van der Waals surface area contributed by atoms with E-state index in [2.05, 4.69) is 20.7 Å². The van der Waals surface area contributed by atoms with Crippen LogP contribution in [0.1, 0.15) is 11.1 Å². The number of carbonyl (C=O) groups is 1. The summed E-state index contributed by atoms with van der Waals surface area (Å²) >= 11 is 5.87. The highest BCUT2D eigenvalue weighted by atomic mass is 35.5. The lowest BCUT2D eigenvalue weighted by Crippen LogP contribution is -2.29. The molecule has 0 atom stereocenters. The lowest BCUT2D eigenvalue weighted by atomic mass is 10.2. The maximum absolute atomic E-state index is 12.5. The third kappa shape index (κ3) is 3.94. The van der Waals surface area contributed by atoms with Gasteiger partial charge in [-0.3, -0.25) is 15.1 Å². The van der Waals surface area contributed by atoms with Crippen LogP contribution in [0.4, 0.5) is 16.3 Å². The lowest BCUT2D eigenvalue weighted by molar-refractivity contribution is 0.262. The van der Waals surface area contributed by atoms with E-state index in [4.69, 9.17) is 11.6 Å². The van der Waals surface area contributed by atoms with Crippen LogP contribution in [0.5, 0.6) is 0 Å². The van der Waals surface area contributed by atoms with Crippen molar-refractivity contribution in [2.45, 2.75) is 6.92 Å². The fourth-order valence-corrected chi connectivity index (χ4v) is 2.45. The number of nitrogens with one attached hydrogen (secondary N) is 2. The maximum Gasteiger partial charge on any atom is 0.324 e. The van der Waals surface area contributed by atoms with E-state index in [-0.39, 0.29) is 16.9 Å². The molecule has 134 valence electrons. The summed E-state index contributed by atoms with van der Waals surface area (Å²) in [4.78, 5) is 28.7. The molecule has 8 nitrogen and oxygen atoms in total. The second-order valence-electron chi connectivity index (χ2n) is 5.47. The van der Waals surface area contributed by atoms with Crippen molar-refractivity contribution >= 4 is 29.1 Å². The highest BCUT2D eigenvalue weighted by molar-refractivity contribution is 6.30. The molecule has 2 N–H and O–H groups in total. The van der Waals surface area contributed by atoms with Crippen LogP contribution in [0.15, 0.2) is 53.6 Å². The molecule has 0 unspecified atom stereocenters. The Morgan fingerprint density at radius 3 is 2.59 bits per heavy atom. The van der Waals surface area contributed by atoms with Gasteiger partial charge in [-0.2, -0.15) is 9.94 Å². The molecule has 2 aromatic heterocycles. The zero-order chi connectivity index (χ0) is 19.4. The number of amides is 2. The van der Waals surface area contributed by atoms with E-state index in [1.54, 1.807) is 49.5 Å². The predicted octanol–water partition coefficient (Wildman–Crippen LogP) is 3.11. The van der Waals surface area contributed by atoms with Gasteiger partial charge in [-0.15, -0.1) is 5.10 Å². The molecule has 0 saturated heterocycles. The van der Waals surface area contributed by atoms with Crippen LogP contribution >= 0.6 is 11.6 Å². The van der Waals surface area contributed by atoms with E-state index in [1.807, 2.05) is 6.07 Å². The lowest BCUT2D eigenvalue weighted by Gasteiger charge is -2.13. The van der Waals surface area contributed by atoms with Crippen molar-refractivity contribution in [3.8, 4) is 11.8 Å². The van der Waals surface area contributed by atoms with Crippen molar-refractivity contribution in [2.24, 2.45) is 0 Å². The second-order valence-corrected chi connectivity index (χ2v) is 5.91. The normalized spacial score (nSPS) is 10.1. The van der Waals surface area contributed by atoms with E-state index in [1.165, 1.54) is 6.20 Å². The van der Waals surface area contributed by atoms with Crippen molar-refractivity contribution in [1.82, 2.24) is 14.8 Å². The molecule has 2 heterocycles. The second kappa shape index (κ2) is 7.68. The number of nitriles is 1. The maximum atomic E-state index is 12.5. The Morgan fingerprint density at radius 2 is 1.96 bits per heavy atom. The first-order chi connectivity index (χ1) is 13.0. The van der Waals surface area contributed by atoms with Gasteiger partial charge < -0.3 is 5.32 Å². The number of hydrogen-bond donors (Lipinski definition) is 2. The first kappa shape index (κ1) is 18.1. The summed E-state index contributed by atoms with van der Waals surface area (Å²) < 4.78 is 1.04. The van der Waals surface area contributed by atoms with E-state index in [0.717, 1.165) is 4.68 Å². The van der Waals surface area contributed by atoms with Gasteiger partial charge in [-0.25, -0.2) is 4.79 Å². The topological polar surface area (TPSA) is 113 Å². The van der Waals surface area contributed by atoms with Crippen LogP contribution in [0.3, 0.4) is 0 Å². The standard InChI is InChI=1S/C18H13ClN6O2/c1-11-15(9-20)17(26)25(14-6-4-12(19)5-7-14)24-16(11)23-18(27)22-13-3-2-8-21-10-13/h2-8,10H,1H3,(H2,22,23,24,27). The van der Waals surface area contributed by atoms with Crippen LogP contribution in [0, 0.1) is 18.3 Å². The Kier molecular flexibility index (Phi) is 5.15. The highest BCUT2D eigenvalue weighted by Crippen LogP contribution is 2.17. The van der Waals surface area contributed by atoms with E-state index < -0.39 is 11.6 Å². The summed E-state index contributed by atoms with van der Waals surface area (Å²) in [5.74, 6) is 0.0856. The fourth-order valence-electron chi connectivity index (χ4n) is 2.32. The number of rotatable bonds is 3. The number of aromatic nitrogens is 3. The van der Waals surface area contributed by atoms with E-state index >= 15 is 0 Å². The van der Waals surface area contributed by atoms with Crippen LogP contribution < -0.4 is 16.2 Å². The molecule has 1 aromatic carbocycles. The summed E-state index contributed by atoms with van der Waals surface area (Å²) in [6.45, 7) is 1.54. The van der Waals surface area contributed by atoms with Crippen LogP contribution in [-0.2, 0) is 0 Å². The summed E-state index contributed by atoms with van der Waals surface area (Å²) in [7, 11) is 0. The van der Waals surface area contributed by atoms with Gasteiger partial charge in [-0.1, -0.05) is 11.6 Å². The summed E-state index contributed by atoms with van der Waals surface area (Å²) in [5.41, 5.74) is 0.469. The first-order valence-corrected chi connectivity index (χ1v) is 8.15. The van der Waals surface area contributed by atoms with Crippen molar-refractivity contribution in [1.29, 1.82) is 5.26 Å². The van der Waals surface area contributed by atoms with Crippen LogP contribution in [0.2, 0.25) is 5.02 Å². The number of anilines is 2. The molecule has 0 radical (unpaired) electrons. The Bertz CT molecular complexity index is 1090. The number of halogens is 1. The number of hydrogen-bond acceptors (Lipinski definition) is 5. The molecule has 3 rings (SSSR count). The van der Waals surface area contributed by atoms with Gasteiger partial charge >= 0.3 is 6.03 Å². The highest BCUT2D eigenvalue weighted by Gasteiger charge is 2.17. The Labute approximate surface area is 159 Å². The molecule has 9 heteroatoms. The average Bonchev–Trinajstić information content (AvgIpc) is 2.66. The third-order valence-corrected chi connectivity index (χ3v) is 3.92. The van der Waals surface area contributed by atoms with E-state index in [0.29, 0.717) is 16.4 Å². The minimum atomic E-state index is -0.587. The minimum Gasteiger partial charge on any atom is -0.306 e.